The number of carbonyl (C=O) groups excluding carboxylic acids is 2. The third kappa shape index (κ3) is 4.56. The number of esters is 1. The van der Waals surface area contributed by atoms with Gasteiger partial charge in [0.25, 0.3) is 5.91 Å². The molecular formula is C19H22N2O4S2. The first kappa shape index (κ1) is 19.6. The first-order chi connectivity index (χ1) is 12.6. The molecule has 0 radical (unpaired) electrons. The van der Waals surface area contributed by atoms with Crippen LogP contribution in [0.5, 0.6) is 5.75 Å². The van der Waals surface area contributed by atoms with Crippen LogP contribution in [0.25, 0.3) is 20.3 Å². The van der Waals surface area contributed by atoms with E-state index in [0.29, 0.717) is 5.75 Å². The lowest BCUT2D eigenvalue weighted by molar-refractivity contribution is -0.158. The average Bonchev–Trinajstić information content (AvgIpc) is 3.15. The van der Waals surface area contributed by atoms with Gasteiger partial charge >= 0.3 is 5.97 Å². The Balaban J connectivity index is 1.69. The molecule has 27 heavy (non-hydrogen) atoms. The van der Waals surface area contributed by atoms with Crippen molar-refractivity contribution >= 4 is 54.9 Å². The molecule has 0 bridgehead atoms. The second-order valence-electron chi connectivity index (χ2n) is 7.24. The third-order valence-corrected chi connectivity index (χ3v) is 5.57. The van der Waals surface area contributed by atoms with Crippen molar-refractivity contribution in [2.75, 3.05) is 20.2 Å². The van der Waals surface area contributed by atoms with E-state index in [-0.39, 0.29) is 19.1 Å². The summed E-state index contributed by atoms with van der Waals surface area (Å²) in [6.45, 7) is 7.09. The fraction of sp³-hybridized carbons (Fsp3) is 0.421. The van der Waals surface area contributed by atoms with E-state index in [4.69, 9.17) is 9.47 Å². The molecule has 0 aliphatic heterocycles. The Morgan fingerprint density at radius 1 is 1.30 bits per heavy atom. The summed E-state index contributed by atoms with van der Waals surface area (Å²) in [5.74, 6) is -0.0774. The fourth-order valence-electron chi connectivity index (χ4n) is 2.61. The molecule has 0 spiro atoms. The highest BCUT2D eigenvalue weighted by Gasteiger charge is 2.20. The van der Waals surface area contributed by atoms with Gasteiger partial charge in [-0.2, -0.15) is 0 Å². The summed E-state index contributed by atoms with van der Waals surface area (Å²) in [5, 5.41) is 3.92. The SMILES string of the molecule is Cc1nc2c(cc(OCC(=O)N(C)CC(=O)OC(C)(C)C)c3ccsc32)s1. The molecule has 2 heterocycles. The number of amides is 1. The number of carbonyl (C=O) groups is 2. The van der Waals surface area contributed by atoms with E-state index >= 15 is 0 Å². The maximum absolute atomic E-state index is 12.3. The van der Waals surface area contributed by atoms with Gasteiger partial charge in [0.2, 0.25) is 0 Å². The Bertz CT molecular complexity index is 1000. The molecule has 8 heteroatoms. The molecule has 2 aromatic heterocycles. The van der Waals surface area contributed by atoms with Crippen molar-refractivity contribution in [3.63, 3.8) is 0 Å². The molecule has 0 fully saturated rings. The number of thiazole rings is 1. The number of aromatic nitrogens is 1. The number of hydrogen-bond donors (Lipinski definition) is 0. The summed E-state index contributed by atoms with van der Waals surface area (Å²) < 4.78 is 13.1. The van der Waals surface area contributed by atoms with Crippen LogP contribution in [0.3, 0.4) is 0 Å². The summed E-state index contributed by atoms with van der Waals surface area (Å²) in [7, 11) is 1.56. The Labute approximate surface area is 165 Å². The summed E-state index contributed by atoms with van der Waals surface area (Å²) in [6, 6.07) is 3.90. The van der Waals surface area contributed by atoms with Crippen molar-refractivity contribution in [2.45, 2.75) is 33.3 Å². The van der Waals surface area contributed by atoms with Crippen LogP contribution < -0.4 is 4.74 Å². The zero-order valence-electron chi connectivity index (χ0n) is 16.0. The second-order valence-corrected chi connectivity index (χ2v) is 9.39. The summed E-state index contributed by atoms with van der Waals surface area (Å²) >= 11 is 3.20. The second kappa shape index (κ2) is 7.44. The van der Waals surface area contributed by atoms with Gasteiger partial charge in [-0.25, -0.2) is 4.98 Å². The molecule has 6 nitrogen and oxygen atoms in total. The molecule has 1 amide bonds. The van der Waals surface area contributed by atoms with Crippen molar-refractivity contribution in [2.24, 2.45) is 0 Å². The zero-order valence-corrected chi connectivity index (χ0v) is 17.6. The summed E-state index contributed by atoms with van der Waals surface area (Å²) in [4.78, 5) is 30.1. The Kier molecular flexibility index (Phi) is 5.39. The van der Waals surface area contributed by atoms with E-state index in [0.717, 1.165) is 25.3 Å². The lowest BCUT2D eigenvalue weighted by Gasteiger charge is -2.22. The van der Waals surface area contributed by atoms with Gasteiger partial charge in [-0.1, -0.05) is 0 Å². The van der Waals surface area contributed by atoms with Crippen LogP contribution in [0.15, 0.2) is 17.5 Å². The molecule has 0 aliphatic rings. The van der Waals surface area contributed by atoms with E-state index in [1.165, 1.54) is 4.90 Å². The largest absolute Gasteiger partial charge is 0.483 e. The van der Waals surface area contributed by atoms with Gasteiger partial charge in [-0.05, 0) is 39.1 Å². The molecule has 0 unspecified atom stereocenters. The molecule has 0 N–H and O–H groups in total. The van der Waals surface area contributed by atoms with Crippen molar-refractivity contribution < 1.29 is 19.1 Å². The maximum atomic E-state index is 12.3. The van der Waals surface area contributed by atoms with E-state index in [1.54, 1.807) is 50.5 Å². The summed E-state index contributed by atoms with van der Waals surface area (Å²) in [6.07, 6.45) is 0. The van der Waals surface area contributed by atoms with Gasteiger partial charge in [0.05, 0.1) is 19.9 Å². The predicted octanol–water partition coefficient (Wildman–Crippen LogP) is 4.00. The van der Waals surface area contributed by atoms with Gasteiger partial charge in [0.15, 0.2) is 6.61 Å². The Hall–Kier alpha value is -2.19. The van der Waals surface area contributed by atoms with Crippen LogP contribution in [-0.4, -0.2) is 47.6 Å². The van der Waals surface area contributed by atoms with Crippen LogP contribution in [0.4, 0.5) is 0 Å². The lowest BCUT2D eigenvalue weighted by Crippen LogP contribution is -2.38. The highest BCUT2D eigenvalue weighted by molar-refractivity contribution is 7.21. The van der Waals surface area contributed by atoms with Gasteiger partial charge in [-0.3, -0.25) is 9.59 Å². The molecule has 0 aliphatic carbocycles. The first-order valence-electron chi connectivity index (χ1n) is 8.50. The van der Waals surface area contributed by atoms with Gasteiger partial charge in [0.1, 0.15) is 17.9 Å². The molecule has 1 aromatic carbocycles. The minimum atomic E-state index is -0.579. The van der Waals surface area contributed by atoms with Crippen LogP contribution >= 0.6 is 22.7 Å². The maximum Gasteiger partial charge on any atom is 0.326 e. The predicted molar refractivity (Wildman–Crippen MR) is 109 cm³/mol. The minimum absolute atomic E-state index is 0.111. The molecular weight excluding hydrogens is 384 g/mol. The van der Waals surface area contributed by atoms with E-state index in [2.05, 4.69) is 4.98 Å². The monoisotopic (exact) mass is 406 g/mol. The van der Waals surface area contributed by atoms with Gasteiger partial charge in [-0.15, -0.1) is 22.7 Å². The van der Waals surface area contributed by atoms with Gasteiger partial charge in [0, 0.05) is 18.5 Å². The molecule has 3 rings (SSSR count). The molecule has 0 atom stereocenters. The van der Waals surface area contributed by atoms with Crippen LogP contribution in [0, 0.1) is 6.92 Å². The van der Waals surface area contributed by atoms with Crippen molar-refractivity contribution in [3.8, 4) is 5.75 Å². The lowest BCUT2D eigenvalue weighted by atomic mass is 10.2. The number of thiophene rings is 1. The number of ether oxygens (including phenoxy) is 2. The fourth-order valence-corrected chi connectivity index (χ4v) is 4.44. The van der Waals surface area contributed by atoms with Crippen molar-refractivity contribution in [1.29, 1.82) is 0 Å². The van der Waals surface area contributed by atoms with Crippen molar-refractivity contribution in [3.05, 3.63) is 22.5 Å². The highest BCUT2D eigenvalue weighted by atomic mass is 32.1. The number of hydrogen-bond acceptors (Lipinski definition) is 7. The summed E-state index contributed by atoms with van der Waals surface area (Å²) in [5.41, 5.74) is 0.396. The van der Waals surface area contributed by atoms with Crippen LogP contribution in [-0.2, 0) is 14.3 Å². The Morgan fingerprint density at radius 2 is 2.04 bits per heavy atom. The van der Waals surface area contributed by atoms with E-state index < -0.39 is 11.6 Å². The standard InChI is InChI=1S/C19H22N2O4S2/c1-11-20-17-14(27-11)8-13(12-6-7-26-18(12)17)24-10-15(22)21(5)9-16(23)25-19(2,3)4/h6-8H,9-10H2,1-5H3. The third-order valence-electron chi connectivity index (χ3n) is 3.73. The van der Waals surface area contributed by atoms with E-state index in [9.17, 15) is 9.59 Å². The number of aryl methyl sites for hydroxylation is 1. The number of rotatable bonds is 5. The quantitative estimate of drug-likeness (QED) is 0.599. The Morgan fingerprint density at radius 3 is 2.74 bits per heavy atom. The average molecular weight is 407 g/mol. The molecule has 144 valence electrons. The molecule has 0 saturated carbocycles. The highest BCUT2D eigenvalue weighted by Crippen LogP contribution is 2.38. The number of nitrogens with zero attached hydrogens (tertiary/aromatic N) is 2. The number of fused-ring (bicyclic) bond motifs is 3. The number of benzene rings is 1. The normalized spacial score (nSPS) is 11.7. The van der Waals surface area contributed by atoms with Crippen molar-refractivity contribution in [1.82, 2.24) is 9.88 Å². The first-order valence-corrected chi connectivity index (χ1v) is 10.2. The van der Waals surface area contributed by atoms with Crippen LogP contribution in [0.1, 0.15) is 25.8 Å². The van der Waals surface area contributed by atoms with E-state index in [1.807, 2.05) is 24.4 Å². The number of likely N-dealkylation sites (N-methyl/N-ethyl adjacent to an activating group) is 1. The molecule has 0 saturated heterocycles. The van der Waals surface area contributed by atoms with Crippen LogP contribution in [0.2, 0.25) is 0 Å². The zero-order chi connectivity index (χ0) is 19.8. The molecule has 3 aromatic rings. The smallest absolute Gasteiger partial charge is 0.326 e. The topological polar surface area (TPSA) is 68.7 Å². The van der Waals surface area contributed by atoms with Gasteiger partial charge < -0.3 is 14.4 Å². The minimum Gasteiger partial charge on any atom is -0.483 e.